The second-order valence-corrected chi connectivity index (χ2v) is 8.35. The summed E-state index contributed by atoms with van der Waals surface area (Å²) < 4.78 is 74.2. The minimum absolute atomic E-state index is 0.0297. The maximum absolute atomic E-state index is 13.1. The fourth-order valence-electron chi connectivity index (χ4n) is 2.71. The first-order chi connectivity index (χ1) is 14.0. The largest absolute Gasteiger partial charge is 0.465 e. The highest BCUT2D eigenvalue weighted by atomic mass is 32.2. The summed E-state index contributed by atoms with van der Waals surface area (Å²) in [6.45, 7) is 1.12. The summed E-state index contributed by atoms with van der Waals surface area (Å²) in [5, 5.41) is 3.46. The SMILES string of the molecule is CCOC(=O)Cn1nc(C(F)(F)F)cc1-c1ccc(-c2cccc(S(C)(=O)=O)c2)o1. The molecule has 0 spiro atoms. The monoisotopic (exact) mass is 442 g/mol. The van der Waals surface area contributed by atoms with E-state index in [1.807, 2.05) is 0 Å². The molecule has 11 heteroatoms. The first-order valence-electron chi connectivity index (χ1n) is 8.70. The van der Waals surface area contributed by atoms with Gasteiger partial charge in [-0.25, -0.2) is 13.1 Å². The molecule has 3 rings (SSSR count). The first-order valence-corrected chi connectivity index (χ1v) is 10.6. The van der Waals surface area contributed by atoms with Gasteiger partial charge in [-0.2, -0.15) is 18.3 Å². The number of carbonyl (C=O) groups is 1. The van der Waals surface area contributed by atoms with Crippen LogP contribution in [0.4, 0.5) is 13.2 Å². The van der Waals surface area contributed by atoms with Gasteiger partial charge in [-0.3, -0.25) is 4.79 Å². The van der Waals surface area contributed by atoms with Gasteiger partial charge in [0.15, 0.2) is 21.3 Å². The molecule has 2 aromatic heterocycles. The summed E-state index contributed by atoms with van der Waals surface area (Å²) in [4.78, 5) is 11.8. The van der Waals surface area contributed by atoms with E-state index in [4.69, 9.17) is 9.15 Å². The van der Waals surface area contributed by atoms with Crippen LogP contribution in [0.2, 0.25) is 0 Å². The molecule has 0 aliphatic heterocycles. The molecule has 0 atom stereocenters. The molecule has 0 radical (unpaired) electrons. The number of alkyl halides is 3. The molecule has 0 saturated carbocycles. The summed E-state index contributed by atoms with van der Waals surface area (Å²) >= 11 is 0. The number of furan rings is 1. The molecule has 0 aliphatic rings. The van der Waals surface area contributed by atoms with Gasteiger partial charge >= 0.3 is 12.1 Å². The maximum Gasteiger partial charge on any atom is 0.435 e. The molecular weight excluding hydrogens is 425 g/mol. The summed E-state index contributed by atoms with van der Waals surface area (Å²) in [6, 6.07) is 9.64. The molecule has 2 heterocycles. The number of carbonyl (C=O) groups excluding carboxylic acids is 1. The van der Waals surface area contributed by atoms with Gasteiger partial charge in [0.1, 0.15) is 18.0 Å². The van der Waals surface area contributed by atoms with E-state index in [-0.39, 0.29) is 28.7 Å². The van der Waals surface area contributed by atoms with Crippen LogP contribution in [0.5, 0.6) is 0 Å². The van der Waals surface area contributed by atoms with Crippen LogP contribution < -0.4 is 0 Å². The van der Waals surface area contributed by atoms with Crippen molar-refractivity contribution in [1.29, 1.82) is 0 Å². The molecule has 0 saturated heterocycles. The zero-order valence-corrected chi connectivity index (χ0v) is 16.7. The van der Waals surface area contributed by atoms with Crippen LogP contribution >= 0.6 is 0 Å². The van der Waals surface area contributed by atoms with Crippen LogP contribution in [0.15, 0.2) is 51.8 Å². The highest BCUT2D eigenvalue weighted by molar-refractivity contribution is 7.90. The number of nitrogens with zero attached hydrogens (tertiary/aromatic N) is 2. The Balaban J connectivity index is 2.02. The molecule has 0 bridgehead atoms. The highest BCUT2D eigenvalue weighted by Crippen LogP contribution is 2.34. The smallest absolute Gasteiger partial charge is 0.435 e. The van der Waals surface area contributed by atoms with Gasteiger partial charge in [0.25, 0.3) is 0 Å². The van der Waals surface area contributed by atoms with E-state index in [0.29, 0.717) is 5.56 Å². The number of halogens is 3. The quantitative estimate of drug-likeness (QED) is 0.540. The lowest BCUT2D eigenvalue weighted by atomic mass is 10.2. The standard InChI is InChI=1S/C19H17F3N2O5S/c1-3-28-18(25)11-24-14(10-17(23-24)19(20,21)22)16-8-7-15(29-16)12-5-4-6-13(9-12)30(2,26)27/h4-10H,3,11H2,1-2H3. The Morgan fingerprint density at radius 3 is 2.50 bits per heavy atom. The second kappa shape index (κ2) is 7.98. The normalized spacial score (nSPS) is 12.2. The van der Waals surface area contributed by atoms with Crippen LogP contribution in [0.1, 0.15) is 12.6 Å². The van der Waals surface area contributed by atoms with Crippen molar-refractivity contribution in [3.05, 3.63) is 48.2 Å². The Kier molecular flexibility index (Phi) is 5.75. The van der Waals surface area contributed by atoms with Crippen LogP contribution in [-0.4, -0.2) is 37.0 Å². The Labute approximate surface area is 170 Å². The van der Waals surface area contributed by atoms with Crippen LogP contribution in [0.25, 0.3) is 22.8 Å². The van der Waals surface area contributed by atoms with Crippen LogP contribution in [-0.2, 0) is 32.1 Å². The van der Waals surface area contributed by atoms with E-state index in [1.165, 1.54) is 30.3 Å². The van der Waals surface area contributed by atoms with Crippen molar-refractivity contribution >= 4 is 15.8 Å². The third-order valence-electron chi connectivity index (χ3n) is 4.06. The molecule has 30 heavy (non-hydrogen) atoms. The number of hydrogen-bond acceptors (Lipinski definition) is 6. The van der Waals surface area contributed by atoms with Gasteiger partial charge in [0.05, 0.1) is 11.5 Å². The molecule has 0 fully saturated rings. The fraction of sp³-hybridized carbons (Fsp3) is 0.263. The zero-order valence-electron chi connectivity index (χ0n) is 15.9. The minimum atomic E-state index is -4.71. The topological polar surface area (TPSA) is 91.4 Å². The average Bonchev–Trinajstić information content (AvgIpc) is 3.28. The van der Waals surface area contributed by atoms with Gasteiger partial charge in [0, 0.05) is 11.8 Å². The van der Waals surface area contributed by atoms with Crippen molar-refractivity contribution in [2.45, 2.75) is 24.5 Å². The molecule has 0 aliphatic carbocycles. The predicted octanol–water partition coefficient (Wildman–Crippen LogP) is 3.80. The van der Waals surface area contributed by atoms with Crippen molar-refractivity contribution in [2.75, 3.05) is 12.9 Å². The summed E-state index contributed by atoms with van der Waals surface area (Å²) in [6.07, 6.45) is -3.65. The maximum atomic E-state index is 13.1. The Morgan fingerprint density at radius 1 is 1.17 bits per heavy atom. The summed E-state index contributed by atoms with van der Waals surface area (Å²) in [7, 11) is -3.45. The van der Waals surface area contributed by atoms with Crippen LogP contribution in [0.3, 0.4) is 0 Å². The van der Waals surface area contributed by atoms with Crippen molar-refractivity contribution in [2.24, 2.45) is 0 Å². The number of ether oxygens (including phenoxy) is 1. The Hall–Kier alpha value is -3.08. The van der Waals surface area contributed by atoms with Gasteiger partial charge in [0.2, 0.25) is 0 Å². The molecule has 160 valence electrons. The molecule has 0 unspecified atom stereocenters. The van der Waals surface area contributed by atoms with E-state index in [2.05, 4.69) is 5.10 Å². The highest BCUT2D eigenvalue weighted by Gasteiger charge is 2.35. The fourth-order valence-corrected chi connectivity index (χ4v) is 3.38. The number of aromatic nitrogens is 2. The van der Waals surface area contributed by atoms with Gasteiger partial charge in [-0.15, -0.1) is 0 Å². The van der Waals surface area contributed by atoms with Crippen molar-refractivity contribution < 1.29 is 35.5 Å². The number of benzene rings is 1. The zero-order chi connectivity index (χ0) is 22.1. The van der Waals surface area contributed by atoms with E-state index >= 15 is 0 Å². The van der Waals surface area contributed by atoms with Crippen molar-refractivity contribution in [1.82, 2.24) is 9.78 Å². The number of rotatable bonds is 6. The lowest BCUT2D eigenvalue weighted by Gasteiger charge is -2.06. The molecule has 7 nitrogen and oxygen atoms in total. The Bertz CT molecular complexity index is 1180. The molecular formula is C19H17F3N2O5S. The molecule has 1 aromatic carbocycles. The van der Waals surface area contributed by atoms with Gasteiger partial charge < -0.3 is 9.15 Å². The molecule has 0 N–H and O–H groups in total. The number of sulfone groups is 1. The van der Waals surface area contributed by atoms with E-state index in [0.717, 1.165) is 17.0 Å². The average molecular weight is 442 g/mol. The van der Waals surface area contributed by atoms with E-state index in [1.54, 1.807) is 13.0 Å². The third-order valence-corrected chi connectivity index (χ3v) is 5.17. The summed E-state index contributed by atoms with van der Waals surface area (Å²) in [5.74, 6) is -0.474. The predicted molar refractivity (Wildman–Crippen MR) is 100 cm³/mol. The van der Waals surface area contributed by atoms with Crippen molar-refractivity contribution in [3.63, 3.8) is 0 Å². The molecule has 3 aromatic rings. The van der Waals surface area contributed by atoms with E-state index < -0.39 is 34.2 Å². The van der Waals surface area contributed by atoms with Gasteiger partial charge in [-0.1, -0.05) is 12.1 Å². The van der Waals surface area contributed by atoms with E-state index in [9.17, 15) is 26.4 Å². The lowest BCUT2D eigenvalue weighted by molar-refractivity contribution is -0.146. The first kappa shape index (κ1) is 21.6. The Morgan fingerprint density at radius 2 is 1.87 bits per heavy atom. The minimum Gasteiger partial charge on any atom is -0.465 e. The number of esters is 1. The van der Waals surface area contributed by atoms with Gasteiger partial charge in [-0.05, 0) is 37.3 Å². The second-order valence-electron chi connectivity index (χ2n) is 6.34. The van der Waals surface area contributed by atoms with Crippen molar-refractivity contribution in [3.8, 4) is 22.8 Å². The number of hydrogen-bond donors (Lipinski definition) is 0. The lowest BCUT2D eigenvalue weighted by Crippen LogP contribution is -2.16. The molecule has 0 amide bonds. The van der Waals surface area contributed by atoms with Crippen LogP contribution in [0, 0.1) is 0 Å². The third kappa shape index (κ3) is 4.73. The summed E-state index contributed by atoms with van der Waals surface area (Å²) in [5.41, 5.74) is -0.823.